The third kappa shape index (κ3) is 4.16. The first-order valence-electron chi connectivity index (χ1n) is 11.8. The first kappa shape index (κ1) is 22.8. The molecular formula is C26H29N3O4S. The molecule has 1 atom stereocenters. The van der Waals surface area contributed by atoms with Crippen LogP contribution in [0.25, 0.3) is 6.08 Å². The van der Waals surface area contributed by atoms with Crippen molar-refractivity contribution < 1.29 is 18.0 Å². The maximum Gasteiger partial charge on any atom is 0.243 e. The van der Waals surface area contributed by atoms with Gasteiger partial charge >= 0.3 is 0 Å². The van der Waals surface area contributed by atoms with Crippen molar-refractivity contribution in [1.29, 1.82) is 0 Å². The number of aryl methyl sites for hydroxylation is 2. The number of hydrogen-bond donors (Lipinski definition) is 0. The average molecular weight is 480 g/mol. The maximum absolute atomic E-state index is 13.2. The van der Waals surface area contributed by atoms with Gasteiger partial charge in [0.25, 0.3) is 0 Å². The van der Waals surface area contributed by atoms with Crippen LogP contribution in [0.3, 0.4) is 0 Å². The highest BCUT2D eigenvalue weighted by Crippen LogP contribution is 2.33. The number of sulfonamides is 1. The summed E-state index contributed by atoms with van der Waals surface area (Å²) in [6.45, 7) is 2.71. The first-order chi connectivity index (χ1) is 16.3. The number of fused-ring (bicyclic) bond motifs is 2. The lowest BCUT2D eigenvalue weighted by Gasteiger charge is -2.37. The predicted octanol–water partition coefficient (Wildman–Crippen LogP) is 2.97. The summed E-state index contributed by atoms with van der Waals surface area (Å²) in [5.41, 5.74) is 4.33. The van der Waals surface area contributed by atoms with Crippen molar-refractivity contribution in [3.05, 3.63) is 70.9 Å². The Morgan fingerprint density at radius 1 is 0.971 bits per heavy atom. The number of amides is 2. The molecule has 1 saturated heterocycles. The Hall–Kier alpha value is -2.97. The highest BCUT2D eigenvalue weighted by Gasteiger charge is 2.34. The molecule has 0 bridgehead atoms. The van der Waals surface area contributed by atoms with Crippen molar-refractivity contribution in [2.75, 3.05) is 26.2 Å². The van der Waals surface area contributed by atoms with E-state index < -0.39 is 10.0 Å². The molecular weight excluding hydrogens is 450 g/mol. The van der Waals surface area contributed by atoms with E-state index in [9.17, 15) is 18.0 Å². The third-order valence-electron chi connectivity index (χ3n) is 7.14. The van der Waals surface area contributed by atoms with Crippen molar-refractivity contribution in [2.24, 2.45) is 0 Å². The van der Waals surface area contributed by atoms with Gasteiger partial charge in [0.15, 0.2) is 0 Å². The van der Waals surface area contributed by atoms with E-state index in [1.807, 2.05) is 42.5 Å². The van der Waals surface area contributed by atoms with E-state index in [0.717, 1.165) is 36.0 Å². The Balaban J connectivity index is 1.26. The molecule has 7 nitrogen and oxygen atoms in total. The average Bonchev–Trinajstić information content (AvgIpc) is 3.32. The van der Waals surface area contributed by atoms with Gasteiger partial charge in [-0.15, -0.1) is 0 Å². The molecule has 0 N–H and O–H groups in total. The fourth-order valence-corrected chi connectivity index (χ4v) is 6.72. The number of hydrogen-bond acceptors (Lipinski definition) is 4. The topological polar surface area (TPSA) is 78.0 Å². The minimum atomic E-state index is -3.59. The van der Waals surface area contributed by atoms with Crippen molar-refractivity contribution >= 4 is 27.9 Å². The maximum atomic E-state index is 13.2. The van der Waals surface area contributed by atoms with Crippen molar-refractivity contribution in [1.82, 2.24) is 14.1 Å². The second-order valence-electron chi connectivity index (χ2n) is 9.16. The van der Waals surface area contributed by atoms with Crippen LogP contribution < -0.4 is 0 Å². The number of nitrogens with zero attached hydrogens (tertiary/aromatic N) is 3. The highest BCUT2D eigenvalue weighted by atomic mass is 32.2. The van der Waals surface area contributed by atoms with Gasteiger partial charge in [-0.1, -0.05) is 30.3 Å². The third-order valence-corrected chi connectivity index (χ3v) is 9.03. The summed E-state index contributed by atoms with van der Waals surface area (Å²) < 4.78 is 27.9. The largest absolute Gasteiger partial charge is 0.340 e. The van der Waals surface area contributed by atoms with Crippen LogP contribution >= 0.6 is 0 Å². The smallest absolute Gasteiger partial charge is 0.243 e. The quantitative estimate of drug-likeness (QED) is 0.676. The zero-order valence-electron chi connectivity index (χ0n) is 19.3. The van der Waals surface area contributed by atoms with E-state index in [1.165, 1.54) is 16.8 Å². The standard InChI is InChI=1S/C26H29N3O4S/c1-19(30)29-12-11-21-5-2-3-8-24(21)25(29)18-26(31)27-13-15-28(16-14-27)34(32,33)23-10-9-20-6-4-7-22(20)17-23/h2-3,5,8-12,17,25H,4,6-7,13-16,18H2,1H3. The van der Waals surface area contributed by atoms with Crippen LogP contribution in [0.15, 0.2) is 53.6 Å². The van der Waals surface area contributed by atoms with Crippen LogP contribution in [0.4, 0.5) is 0 Å². The van der Waals surface area contributed by atoms with Gasteiger partial charge < -0.3 is 9.80 Å². The second kappa shape index (κ2) is 9.00. The zero-order chi connectivity index (χ0) is 23.9. The summed E-state index contributed by atoms with van der Waals surface area (Å²) in [7, 11) is -3.59. The normalized spacial score (nSPS) is 20.2. The lowest BCUT2D eigenvalue weighted by atomic mass is 9.93. The summed E-state index contributed by atoms with van der Waals surface area (Å²) in [6, 6.07) is 12.9. The van der Waals surface area contributed by atoms with Crippen LogP contribution in [0.2, 0.25) is 0 Å². The fraction of sp³-hybridized carbons (Fsp3) is 0.385. The van der Waals surface area contributed by atoms with Crippen molar-refractivity contribution in [3.8, 4) is 0 Å². The minimum absolute atomic E-state index is 0.0732. The summed E-state index contributed by atoms with van der Waals surface area (Å²) in [5, 5.41) is 0. The van der Waals surface area contributed by atoms with E-state index in [-0.39, 0.29) is 37.4 Å². The monoisotopic (exact) mass is 479 g/mol. The molecule has 1 fully saturated rings. The highest BCUT2D eigenvalue weighted by molar-refractivity contribution is 7.89. The molecule has 0 spiro atoms. The molecule has 2 aromatic rings. The molecule has 3 aliphatic rings. The van der Waals surface area contributed by atoms with E-state index in [2.05, 4.69) is 0 Å². The number of carbonyl (C=O) groups excluding carboxylic acids is 2. The Bertz CT molecular complexity index is 1260. The molecule has 8 heteroatoms. The molecule has 0 saturated carbocycles. The van der Waals surface area contributed by atoms with Crippen LogP contribution in [-0.4, -0.2) is 60.5 Å². The van der Waals surface area contributed by atoms with Crippen molar-refractivity contribution in [3.63, 3.8) is 0 Å². The Morgan fingerprint density at radius 3 is 2.47 bits per heavy atom. The van der Waals surface area contributed by atoms with Gasteiger partial charge in [-0.2, -0.15) is 4.31 Å². The minimum Gasteiger partial charge on any atom is -0.340 e. The predicted molar refractivity (Wildman–Crippen MR) is 129 cm³/mol. The van der Waals surface area contributed by atoms with Gasteiger partial charge in [0.05, 0.1) is 17.4 Å². The summed E-state index contributed by atoms with van der Waals surface area (Å²) in [5.74, 6) is -0.190. The molecule has 1 unspecified atom stereocenters. The number of rotatable bonds is 4. The second-order valence-corrected chi connectivity index (χ2v) is 11.1. The number of piperazine rings is 1. The van der Waals surface area contributed by atoms with E-state index >= 15 is 0 Å². The van der Waals surface area contributed by atoms with Gasteiger partial charge in [0.2, 0.25) is 21.8 Å². The molecule has 2 aliphatic heterocycles. The van der Waals surface area contributed by atoms with Crippen molar-refractivity contribution in [2.45, 2.75) is 43.5 Å². The fourth-order valence-electron chi connectivity index (χ4n) is 5.24. The SMILES string of the molecule is CC(=O)N1C=Cc2ccccc2C1CC(=O)N1CCN(S(=O)(=O)c2ccc3c(c2)CCC3)CC1. The van der Waals surface area contributed by atoms with E-state index in [4.69, 9.17) is 0 Å². The molecule has 0 aromatic heterocycles. The Kier molecular flexibility index (Phi) is 6.04. The van der Waals surface area contributed by atoms with Gasteiger partial charge in [0, 0.05) is 39.3 Å². The van der Waals surface area contributed by atoms with Crippen LogP contribution in [0.5, 0.6) is 0 Å². The lowest BCUT2D eigenvalue weighted by molar-refractivity contribution is -0.135. The van der Waals surface area contributed by atoms with Crippen LogP contribution in [-0.2, 0) is 32.5 Å². The molecule has 2 aromatic carbocycles. The summed E-state index contributed by atoms with van der Waals surface area (Å²) >= 11 is 0. The number of benzene rings is 2. The molecule has 1 aliphatic carbocycles. The number of carbonyl (C=O) groups is 2. The van der Waals surface area contributed by atoms with Gasteiger partial charge in [0.1, 0.15) is 0 Å². The molecule has 34 heavy (non-hydrogen) atoms. The van der Waals surface area contributed by atoms with E-state index in [0.29, 0.717) is 18.0 Å². The zero-order valence-corrected chi connectivity index (χ0v) is 20.1. The molecule has 5 rings (SSSR count). The Morgan fingerprint density at radius 2 is 1.71 bits per heavy atom. The van der Waals surface area contributed by atoms with Gasteiger partial charge in [-0.3, -0.25) is 9.59 Å². The molecule has 0 radical (unpaired) electrons. The summed E-state index contributed by atoms with van der Waals surface area (Å²) in [6.07, 6.45) is 6.81. The first-order valence-corrected chi connectivity index (χ1v) is 13.2. The lowest BCUT2D eigenvalue weighted by Crippen LogP contribution is -2.51. The van der Waals surface area contributed by atoms with Crippen LogP contribution in [0.1, 0.15) is 48.1 Å². The molecule has 2 amide bonds. The molecule has 2 heterocycles. The molecule has 178 valence electrons. The van der Waals surface area contributed by atoms with Gasteiger partial charge in [-0.25, -0.2) is 8.42 Å². The summed E-state index contributed by atoms with van der Waals surface area (Å²) in [4.78, 5) is 29.1. The van der Waals surface area contributed by atoms with E-state index in [1.54, 1.807) is 22.1 Å². The Labute approximate surface area is 200 Å². The van der Waals surface area contributed by atoms with Gasteiger partial charge in [-0.05, 0) is 59.7 Å². The van der Waals surface area contributed by atoms with Crippen LogP contribution in [0, 0.1) is 0 Å².